The summed E-state index contributed by atoms with van der Waals surface area (Å²) in [5.74, 6) is 0. The van der Waals surface area contributed by atoms with Gasteiger partial charge >= 0.3 is 0 Å². The third-order valence-electron chi connectivity index (χ3n) is 14.5. The maximum atomic E-state index is 2.63. The van der Waals surface area contributed by atoms with E-state index >= 15 is 0 Å². The van der Waals surface area contributed by atoms with Gasteiger partial charge in [0.05, 0.1) is 0 Å². The zero-order valence-corrected chi connectivity index (χ0v) is 42.6. The molecule has 340 valence electrons. The fraction of sp³-hybridized carbons (Fsp3) is 0.262. The molecule has 2 nitrogen and oxygen atoms in total. The summed E-state index contributed by atoms with van der Waals surface area (Å²) < 4.78 is 0. The van der Waals surface area contributed by atoms with E-state index in [0.29, 0.717) is 0 Å². The Hall–Kier alpha value is -6.58. The lowest BCUT2D eigenvalue weighted by molar-refractivity contribution is 0.568. The van der Waals surface area contributed by atoms with Gasteiger partial charge in [0.1, 0.15) is 0 Å². The molecule has 0 atom stereocenters. The van der Waals surface area contributed by atoms with Crippen molar-refractivity contribution in [1.82, 2.24) is 0 Å². The third kappa shape index (κ3) is 7.98. The lowest BCUT2D eigenvalue weighted by Crippen LogP contribution is -2.61. The summed E-state index contributed by atoms with van der Waals surface area (Å²) >= 11 is 0. The van der Waals surface area contributed by atoms with Crippen LogP contribution in [0, 0.1) is 6.92 Å². The molecule has 2 aliphatic rings. The number of benzene rings is 8. The van der Waals surface area contributed by atoms with Crippen LogP contribution in [0.1, 0.15) is 111 Å². The van der Waals surface area contributed by atoms with Crippen molar-refractivity contribution in [3.63, 3.8) is 0 Å². The van der Waals surface area contributed by atoms with E-state index in [1.54, 1.807) is 0 Å². The first-order valence-corrected chi connectivity index (χ1v) is 24.7. The SMILES string of the molecule is Cc1ccc2c(c1)B1c3ccccc3N(c3cc(C(C)(C)C)cc(C(C)(C)C)c3)c3cc(-c4c(-c5ccccc5)cccc4-c4ccccc4)cc(c31)N2c1cc(C(C)(C)C)cc(C(C)(C)C)c1. The molecule has 0 saturated heterocycles. The summed E-state index contributed by atoms with van der Waals surface area (Å²) in [7, 11) is 0. The van der Waals surface area contributed by atoms with E-state index in [4.69, 9.17) is 0 Å². The van der Waals surface area contributed by atoms with Gasteiger partial charge in [-0.1, -0.05) is 210 Å². The standard InChI is InChI=1S/C65H67BN2/c1-42-31-32-57-55(33-42)66-54-29-20-21-30-56(54)67(50-38-46(62(2,3)4)36-47(39-50)63(5,6)7)58-34-45(60-52(43-23-16-14-17-24-43)27-22-28-53(60)44-25-18-15-19-26-44)35-59(61(58)66)68(57)51-40-48(64(8,9)10)37-49(41-51)65(11,12)13/h14-41H,1-13H3. The summed E-state index contributed by atoms with van der Waals surface area (Å²) in [5.41, 5.74) is 24.9. The van der Waals surface area contributed by atoms with Gasteiger partial charge in [0, 0.05) is 34.1 Å². The predicted octanol–water partition coefficient (Wildman–Crippen LogP) is 16.3. The van der Waals surface area contributed by atoms with Crippen LogP contribution in [0.3, 0.4) is 0 Å². The van der Waals surface area contributed by atoms with Crippen molar-refractivity contribution in [3.8, 4) is 33.4 Å². The highest BCUT2D eigenvalue weighted by molar-refractivity contribution is 7.00. The lowest BCUT2D eigenvalue weighted by Gasteiger charge is -2.45. The molecule has 0 radical (unpaired) electrons. The second-order valence-corrected chi connectivity index (χ2v) is 23.7. The highest BCUT2D eigenvalue weighted by Gasteiger charge is 2.44. The second-order valence-electron chi connectivity index (χ2n) is 23.7. The van der Waals surface area contributed by atoms with E-state index in [2.05, 4.69) is 270 Å². The number of aryl methyl sites for hydroxylation is 1. The average molecular weight is 887 g/mol. The van der Waals surface area contributed by atoms with Crippen LogP contribution in [-0.4, -0.2) is 6.71 Å². The Morgan fingerprint density at radius 1 is 0.338 bits per heavy atom. The number of hydrogen-bond donors (Lipinski definition) is 0. The van der Waals surface area contributed by atoms with E-state index in [0.717, 1.165) is 0 Å². The summed E-state index contributed by atoms with van der Waals surface area (Å²) in [6.07, 6.45) is 0. The zero-order chi connectivity index (χ0) is 48.1. The summed E-state index contributed by atoms with van der Waals surface area (Å²) in [6, 6.07) is 65.1. The minimum absolute atomic E-state index is 0.00591. The van der Waals surface area contributed by atoms with Gasteiger partial charge in [-0.15, -0.1) is 0 Å². The van der Waals surface area contributed by atoms with Crippen LogP contribution in [0.5, 0.6) is 0 Å². The fourth-order valence-corrected chi connectivity index (χ4v) is 10.6. The number of anilines is 6. The van der Waals surface area contributed by atoms with Crippen molar-refractivity contribution in [2.75, 3.05) is 9.80 Å². The molecule has 10 rings (SSSR count). The quantitative estimate of drug-likeness (QED) is 0.159. The van der Waals surface area contributed by atoms with E-state index in [1.165, 1.54) is 112 Å². The van der Waals surface area contributed by atoms with Crippen LogP contribution >= 0.6 is 0 Å². The van der Waals surface area contributed by atoms with Crippen molar-refractivity contribution in [2.45, 2.75) is 112 Å². The number of nitrogens with zero attached hydrogens (tertiary/aromatic N) is 2. The van der Waals surface area contributed by atoms with Gasteiger partial charge in [-0.3, -0.25) is 0 Å². The summed E-state index contributed by atoms with van der Waals surface area (Å²) in [6.45, 7) is 30.4. The first-order chi connectivity index (χ1) is 32.2. The first-order valence-electron chi connectivity index (χ1n) is 24.7. The molecule has 0 spiro atoms. The highest BCUT2D eigenvalue weighted by atomic mass is 15.2. The fourth-order valence-electron chi connectivity index (χ4n) is 10.6. The highest BCUT2D eigenvalue weighted by Crippen LogP contribution is 2.50. The molecule has 0 fully saturated rings. The Labute approximate surface area is 407 Å². The minimum Gasteiger partial charge on any atom is -0.311 e. The van der Waals surface area contributed by atoms with Crippen LogP contribution < -0.4 is 26.2 Å². The predicted molar refractivity (Wildman–Crippen MR) is 296 cm³/mol. The molecular formula is C65H67BN2. The van der Waals surface area contributed by atoms with Gasteiger partial charge in [0.15, 0.2) is 0 Å². The van der Waals surface area contributed by atoms with E-state index in [-0.39, 0.29) is 28.4 Å². The van der Waals surface area contributed by atoms with Crippen molar-refractivity contribution >= 4 is 57.2 Å². The monoisotopic (exact) mass is 887 g/mol. The molecule has 0 bridgehead atoms. The molecule has 8 aromatic rings. The Balaban J connectivity index is 1.40. The van der Waals surface area contributed by atoms with Crippen molar-refractivity contribution in [1.29, 1.82) is 0 Å². The van der Waals surface area contributed by atoms with Gasteiger partial charge in [0.2, 0.25) is 0 Å². The number of fused-ring (bicyclic) bond motifs is 4. The topological polar surface area (TPSA) is 6.48 Å². The zero-order valence-electron chi connectivity index (χ0n) is 42.6. The van der Waals surface area contributed by atoms with Crippen molar-refractivity contribution in [2.24, 2.45) is 0 Å². The Morgan fingerprint density at radius 3 is 1.19 bits per heavy atom. The van der Waals surface area contributed by atoms with E-state index < -0.39 is 0 Å². The van der Waals surface area contributed by atoms with Crippen LogP contribution in [0.15, 0.2) is 170 Å². The second kappa shape index (κ2) is 16.3. The van der Waals surface area contributed by atoms with E-state index in [9.17, 15) is 0 Å². The summed E-state index contributed by atoms with van der Waals surface area (Å²) in [5, 5.41) is 0. The average Bonchev–Trinajstić information content (AvgIpc) is 3.30. The maximum absolute atomic E-state index is 2.63. The van der Waals surface area contributed by atoms with Crippen molar-refractivity contribution < 1.29 is 0 Å². The molecule has 2 heterocycles. The molecule has 2 aliphatic heterocycles. The molecule has 3 heteroatoms. The molecule has 0 amide bonds. The number of para-hydroxylation sites is 1. The van der Waals surface area contributed by atoms with Gasteiger partial charge in [0.25, 0.3) is 6.71 Å². The molecule has 0 unspecified atom stereocenters. The van der Waals surface area contributed by atoms with Gasteiger partial charge in [-0.25, -0.2) is 0 Å². The molecule has 0 saturated carbocycles. The minimum atomic E-state index is -0.0660. The van der Waals surface area contributed by atoms with Crippen LogP contribution in [-0.2, 0) is 21.7 Å². The number of rotatable bonds is 5. The van der Waals surface area contributed by atoms with Gasteiger partial charge in [-0.2, -0.15) is 0 Å². The molecule has 0 N–H and O–H groups in total. The molecule has 68 heavy (non-hydrogen) atoms. The molecule has 0 aliphatic carbocycles. The molecular weight excluding hydrogens is 820 g/mol. The van der Waals surface area contributed by atoms with Crippen LogP contribution in [0.2, 0.25) is 0 Å². The smallest absolute Gasteiger partial charge is 0.252 e. The summed E-state index contributed by atoms with van der Waals surface area (Å²) in [4.78, 5) is 5.25. The molecule has 8 aromatic carbocycles. The lowest BCUT2D eigenvalue weighted by atomic mass is 9.33. The largest absolute Gasteiger partial charge is 0.311 e. The Bertz CT molecular complexity index is 3080. The third-order valence-corrected chi connectivity index (χ3v) is 14.5. The molecule has 0 aromatic heterocycles. The maximum Gasteiger partial charge on any atom is 0.252 e. The van der Waals surface area contributed by atoms with E-state index in [1.807, 2.05) is 0 Å². The van der Waals surface area contributed by atoms with Crippen LogP contribution in [0.4, 0.5) is 34.1 Å². The Morgan fingerprint density at radius 2 is 0.750 bits per heavy atom. The van der Waals surface area contributed by atoms with Gasteiger partial charge < -0.3 is 9.80 Å². The van der Waals surface area contributed by atoms with Crippen molar-refractivity contribution in [3.05, 3.63) is 198 Å². The van der Waals surface area contributed by atoms with Gasteiger partial charge in [-0.05, 0) is 149 Å². The Kier molecular flexibility index (Phi) is 10.8. The normalized spacial score (nSPS) is 13.6. The number of hydrogen-bond acceptors (Lipinski definition) is 2. The van der Waals surface area contributed by atoms with Crippen LogP contribution in [0.25, 0.3) is 33.4 Å². The first kappa shape index (κ1) is 45.2.